The Hall–Kier alpha value is -3.16. The fourth-order valence-electron chi connectivity index (χ4n) is 6.01. The van der Waals surface area contributed by atoms with Crippen LogP contribution in [0, 0.1) is 22.6 Å². The second-order valence-electron chi connectivity index (χ2n) is 10.4. The molecule has 2 aromatic carbocycles. The Morgan fingerprint density at radius 1 is 1.11 bits per heavy atom. The minimum atomic E-state index is -4.73. The number of nitrogens with zero attached hydrogens (tertiary/aromatic N) is 6. The number of fused-ring (bicyclic) bond motifs is 3. The van der Waals surface area contributed by atoms with Crippen LogP contribution in [-0.4, -0.2) is 38.8 Å². The van der Waals surface area contributed by atoms with Gasteiger partial charge >= 0.3 is 6.18 Å². The Kier molecular flexibility index (Phi) is 5.51. The quantitative estimate of drug-likeness (QED) is 0.407. The summed E-state index contributed by atoms with van der Waals surface area (Å²) in [7, 11) is 0. The molecule has 0 amide bonds. The van der Waals surface area contributed by atoms with E-state index in [-0.39, 0.29) is 23.1 Å². The molecular weight excluding hydrogens is 508 g/mol. The lowest BCUT2D eigenvalue weighted by Gasteiger charge is -2.59. The van der Waals surface area contributed by atoms with Crippen molar-refractivity contribution in [2.24, 2.45) is 5.41 Å². The van der Waals surface area contributed by atoms with Crippen LogP contribution in [0.3, 0.4) is 0 Å². The van der Waals surface area contributed by atoms with Crippen molar-refractivity contribution in [1.29, 1.82) is 5.26 Å². The SMILES string of the molecule is CC(C#N)N1Cc2cc(Cl)ccc2-n2c(nnc2C2CC3(C2)CN(c2cccc(C(F)(F)F)c2F)C3)C1. The monoisotopic (exact) mass is 530 g/mol. The minimum absolute atomic E-state index is 0.00208. The number of halogens is 5. The molecule has 2 aliphatic heterocycles. The van der Waals surface area contributed by atoms with E-state index in [9.17, 15) is 22.8 Å². The van der Waals surface area contributed by atoms with Gasteiger partial charge in [0.25, 0.3) is 0 Å². The van der Waals surface area contributed by atoms with E-state index in [0.717, 1.165) is 41.8 Å². The van der Waals surface area contributed by atoms with Crippen LogP contribution in [0.1, 0.15) is 48.5 Å². The van der Waals surface area contributed by atoms with Crippen LogP contribution in [0.4, 0.5) is 23.2 Å². The van der Waals surface area contributed by atoms with E-state index in [2.05, 4.69) is 20.8 Å². The van der Waals surface area contributed by atoms with Crippen molar-refractivity contribution in [1.82, 2.24) is 19.7 Å². The number of anilines is 1. The van der Waals surface area contributed by atoms with Gasteiger partial charge in [-0.1, -0.05) is 17.7 Å². The van der Waals surface area contributed by atoms with Crippen LogP contribution in [-0.2, 0) is 19.3 Å². The standard InChI is InChI=1S/C26H23ClF4N6/c1-15(10-32)35-11-16-7-18(27)5-6-20(16)37-22(12-35)33-34-24(37)17-8-25(9-17)13-36(14-25)21-4-2-3-19(23(21)28)26(29,30)31/h2-7,15,17H,8-9,11-14H2,1H3. The Morgan fingerprint density at radius 2 is 1.86 bits per heavy atom. The van der Waals surface area contributed by atoms with E-state index in [1.807, 2.05) is 30.0 Å². The maximum Gasteiger partial charge on any atom is 0.419 e. The molecule has 1 spiro atoms. The molecule has 1 atom stereocenters. The molecule has 3 aliphatic rings. The fourth-order valence-corrected chi connectivity index (χ4v) is 6.21. The molecule has 3 heterocycles. The van der Waals surface area contributed by atoms with Gasteiger partial charge in [-0.3, -0.25) is 9.47 Å². The lowest BCUT2D eigenvalue weighted by atomic mass is 9.57. The first-order valence-electron chi connectivity index (χ1n) is 12.1. The zero-order valence-corrected chi connectivity index (χ0v) is 20.7. The molecular formula is C26H23ClF4N6. The van der Waals surface area contributed by atoms with Crippen molar-refractivity contribution in [3.63, 3.8) is 0 Å². The molecule has 192 valence electrons. The molecule has 0 radical (unpaired) electrons. The van der Waals surface area contributed by atoms with Gasteiger partial charge in [0.1, 0.15) is 5.82 Å². The Bertz CT molecular complexity index is 1410. The number of aromatic nitrogens is 3. The number of hydrogen-bond acceptors (Lipinski definition) is 5. The van der Waals surface area contributed by atoms with E-state index in [4.69, 9.17) is 11.6 Å². The van der Waals surface area contributed by atoms with Crippen molar-refractivity contribution in [2.45, 2.75) is 51.0 Å². The van der Waals surface area contributed by atoms with E-state index in [1.54, 1.807) is 4.90 Å². The average Bonchev–Trinajstić information content (AvgIpc) is 3.11. The molecule has 0 bridgehead atoms. The predicted molar refractivity (Wildman–Crippen MR) is 129 cm³/mol. The van der Waals surface area contributed by atoms with Gasteiger partial charge < -0.3 is 4.90 Å². The highest BCUT2D eigenvalue weighted by Crippen LogP contribution is 2.57. The first kappa shape index (κ1) is 24.2. The zero-order chi connectivity index (χ0) is 26.1. The third-order valence-electron chi connectivity index (χ3n) is 7.89. The summed E-state index contributed by atoms with van der Waals surface area (Å²) in [4.78, 5) is 3.71. The van der Waals surface area contributed by atoms with Gasteiger partial charge in [-0.2, -0.15) is 18.4 Å². The van der Waals surface area contributed by atoms with Crippen molar-refractivity contribution in [3.8, 4) is 11.8 Å². The molecule has 1 saturated heterocycles. The van der Waals surface area contributed by atoms with E-state index < -0.39 is 17.6 Å². The number of hydrogen-bond donors (Lipinski definition) is 0. The van der Waals surface area contributed by atoms with Crippen LogP contribution in [0.5, 0.6) is 0 Å². The van der Waals surface area contributed by atoms with Gasteiger partial charge in [0, 0.05) is 36.0 Å². The molecule has 6 rings (SSSR count). The summed E-state index contributed by atoms with van der Waals surface area (Å²) in [5, 5.41) is 19.1. The van der Waals surface area contributed by atoms with Crippen molar-refractivity contribution in [2.75, 3.05) is 18.0 Å². The largest absolute Gasteiger partial charge is 0.419 e. The van der Waals surface area contributed by atoms with Crippen LogP contribution in [0.2, 0.25) is 5.02 Å². The van der Waals surface area contributed by atoms with Crippen LogP contribution in [0.25, 0.3) is 5.69 Å². The third-order valence-corrected chi connectivity index (χ3v) is 8.13. The normalized spacial score (nSPS) is 19.9. The fraction of sp³-hybridized carbons (Fsp3) is 0.423. The average molecular weight is 531 g/mol. The molecule has 1 unspecified atom stereocenters. The third kappa shape index (κ3) is 3.96. The van der Waals surface area contributed by atoms with Gasteiger partial charge in [-0.05, 0) is 55.7 Å². The van der Waals surface area contributed by atoms with Gasteiger partial charge in [0.2, 0.25) is 0 Å². The summed E-state index contributed by atoms with van der Waals surface area (Å²) in [6.45, 7) is 3.88. The maximum absolute atomic E-state index is 14.6. The highest BCUT2D eigenvalue weighted by molar-refractivity contribution is 6.30. The lowest BCUT2D eigenvalue weighted by Crippen LogP contribution is -2.62. The van der Waals surface area contributed by atoms with Gasteiger partial charge in [0.05, 0.1) is 35.6 Å². The summed E-state index contributed by atoms with van der Waals surface area (Å²) in [6.07, 6.45) is -3.14. The molecule has 3 aromatic rings. The molecule has 0 N–H and O–H groups in total. The smallest absolute Gasteiger partial charge is 0.368 e. The molecule has 6 nitrogen and oxygen atoms in total. The second-order valence-corrected chi connectivity index (χ2v) is 10.8. The summed E-state index contributed by atoms with van der Waals surface area (Å²) in [5.74, 6) is 0.493. The summed E-state index contributed by atoms with van der Waals surface area (Å²) in [5.41, 5.74) is 0.611. The number of alkyl halides is 3. The molecule has 1 aromatic heterocycles. The summed E-state index contributed by atoms with van der Waals surface area (Å²) < 4.78 is 56.1. The Balaban J connectivity index is 1.23. The minimum Gasteiger partial charge on any atom is -0.368 e. The van der Waals surface area contributed by atoms with E-state index in [0.29, 0.717) is 31.2 Å². The molecule has 11 heteroatoms. The molecule has 1 aliphatic carbocycles. The zero-order valence-electron chi connectivity index (χ0n) is 19.9. The number of benzene rings is 2. The first-order chi connectivity index (χ1) is 17.6. The van der Waals surface area contributed by atoms with Crippen molar-refractivity contribution < 1.29 is 17.6 Å². The highest BCUT2D eigenvalue weighted by Gasteiger charge is 2.55. The number of rotatable bonds is 3. The second kappa shape index (κ2) is 8.43. The van der Waals surface area contributed by atoms with Crippen LogP contribution >= 0.6 is 11.6 Å². The van der Waals surface area contributed by atoms with Gasteiger partial charge in [-0.25, -0.2) is 4.39 Å². The van der Waals surface area contributed by atoms with Crippen molar-refractivity contribution >= 4 is 17.3 Å². The van der Waals surface area contributed by atoms with Gasteiger partial charge in [-0.15, -0.1) is 10.2 Å². The molecule has 1 saturated carbocycles. The van der Waals surface area contributed by atoms with Gasteiger partial charge in [0.15, 0.2) is 11.6 Å². The lowest BCUT2D eigenvalue weighted by molar-refractivity contribution is -0.139. The Morgan fingerprint density at radius 3 is 2.57 bits per heavy atom. The predicted octanol–water partition coefficient (Wildman–Crippen LogP) is 5.69. The summed E-state index contributed by atoms with van der Waals surface area (Å²) in [6, 6.07) is 11.1. The van der Waals surface area contributed by atoms with E-state index >= 15 is 0 Å². The summed E-state index contributed by atoms with van der Waals surface area (Å²) >= 11 is 6.29. The highest BCUT2D eigenvalue weighted by atomic mass is 35.5. The Labute approximate surface area is 216 Å². The first-order valence-corrected chi connectivity index (χ1v) is 12.4. The molecule has 2 fully saturated rings. The maximum atomic E-state index is 14.6. The van der Waals surface area contributed by atoms with E-state index in [1.165, 1.54) is 12.1 Å². The topological polar surface area (TPSA) is 61.0 Å². The van der Waals surface area contributed by atoms with Crippen LogP contribution < -0.4 is 4.90 Å². The number of nitriles is 1. The van der Waals surface area contributed by atoms with Crippen LogP contribution in [0.15, 0.2) is 36.4 Å². The van der Waals surface area contributed by atoms with Crippen molar-refractivity contribution in [3.05, 3.63) is 70.0 Å². The molecule has 37 heavy (non-hydrogen) atoms.